The van der Waals surface area contributed by atoms with Crippen molar-refractivity contribution >= 4 is 33.9 Å². The van der Waals surface area contributed by atoms with Gasteiger partial charge in [-0.25, -0.2) is 0 Å². The molecule has 3 aromatic rings. The Morgan fingerprint density at radius 1 is 1.06 bits per heavy atom. The lowest BCUT2D eigenvalue weighted by Crippen LogP contribution is -2.44. The summed E-state index contributed by atoms with van der Waals surface area (Å²) in [5.74, 6) is 1.85. The summed E-state index contributed by atoms with van der Waals surface area (Å²) in [5, 5.41) is 4.66. The van der Waals surface area contributed by atoms with E-state index in [1.54, 1.807) is 27.4 Å². The summed E-state index contributed by atoms with van der Waals surface area (Å²) < 4.78 is 21.8. The average Bonchev–Trinajstić information content (AvgIpc) is 2.91. The maximum atomic E-state index is 13.0. The van der Waals surface area contributed by atoms with Gasteiger partial charge in [0.25, 0.3) is 5.56 Å². The van der Waals surface area contributed by atoms with Crippen LogP contribution in [0.3, 0.4) is 0 Å². The number of morpholine rings is 1. The van der Waals surface area contributed by atoms with E-state index < -0.39 is 0 Å². The van der Waals surface area contributed by atoms with Crippen LogP contribution in [0.4, 0.5) is 5.69 Å². The smallest absolute Gasteiger partial charge is 0.253 e. The first-order chi connectivity index (χ1) is 17.5. The van der Waals surface area contributed by atoms with Gasteiger partial charge in [0.15, 0.2) is 16.6 Å². The largest absolute Gasteiger partial charge is 0.495 e. The molecule has 9 nitrogen and oxygen atoms in total. The Morgan fingerprint density at radius 3 is 2.47 bits per heavy atom. The molecule has 1 saturated heterocycles. The Morgan fingerprint density at radius 2 is 1.75 bits per heavy atom. The summed E-state index contributed by atoms with van der Waals surface area (Å²) in [6.45, 7) is 4.97. The number of aromatic nitrogens is 1. The fraction of sp³-hybridized carbons (Fsp3) is 0.385. The molecule has 0 spiro atoms. The summed E-state index contributed by atoms with van der Waals surface area (Å²) in [4.78, 5) is 20.4. The van der Waals surface area contributed by atoms with Crippen LogP contribution >= 0.6 is 12.2 Å². The lowest BCUT2D eigenvalue weighted by Gasteiger charge is -2.31. The zero-order valence-corrected chi connectivity index (χ0v) is 21.7. The van der Waals surface area contributed by atoms with E-state index in [0.29, 0.717) is 46.5 Å². The highest BCUT2D eigenvalue weighted by atomic mass is 32.1. The van der Waals surface area contributed by atoms with Crippen molar-refractivity contribution in [2.24, 2.45) is 0 Å². The van der Waals surface area contributed by atoms with Gasteiger partial charge in [-0.2, -0.15) is 0 Å². The number of nitrogens with one attached hydrogen (secondary N) is 2. The summed E-state index contributed by atoms with van der Waals surface area (Å²) in [5.41, 5.74) is 1.87. The van der Waals surface area contributed by atoms with Gasteiger partial charge < -0.3 is 34.1 Å². The molecule has 0 radical (unpaired) electrons. The van der Waals surface area contributed by atoms with Gasteiger partial charge in [0, 0.05) is 43.2 Å². The minimum Gasteiger partial charge on any atom is -0.495 e. The number of para-hydroxylation sites is 2. The minimum atomic E-state index is -0.175. The van der Waals surface area contributed by atoms with Crippen LogP contribution in [0.5, 0.6) is 17.2 Å². The molecule has 1 fully saturated rings. The normalized spacial score (nSPS) is 13.9. The van der Waals surface area contributed by atoms with E-state index in [-0.39, 0.29) is 5.56 Å². The maximum absolute atomic E-state index is 13.0. The second-order valence-electron chi connectivity index (χ2n) is 8.42. The number of benzene rings is 2. The highest BCUT2D eigenvalue weighted by Gasteiger charge is 2.18. The van der Waals surface area contributed by atoms with E-state index in [0.717, 1.165) is 43.9 Å². The average molecular weight is 513 g/mol. The number of hydrogen-bond acceptors (Lipinski definition) is 7. The molecular formula is C26H32N4O5S. The van der Waals surface area contributed by atoms with Gasteiger partial charge in [-0.05, 0) is 36.5 Å². The zero-order chi connectivity index (χ0) is 25.5. The highest BCUT2D eigenvalue weighted by molar-refractivity contribution is 7.80. The quantitative estimate of drug-likeness (QED) is 0.420. The number of anilines is 1. The molecule has 0 atom stereocenters. The molecule has 2 N–H and O–H groups in total. The molecule has 2 heterocycles. The van der Waals surface area contributed by atoms with Gasteiger partial charge in [-0.15, -0.1) is 0 Å². The van der Waals surface area contributed by atoms with Crippen LogP contribution < -0.4 is 25.1 Å². The van der Waals surface area contributed by atoms with Gasteiger partial charge in [0.05, 0.1) is 52.3 Å². The van der Waals surface area contributed by atoms with Crippen LogP contribution in [0.2, 0.25) is 0 Å². The van der Waals surface area contributed by atoms with Crippen molar-refractivity contribution in [2.45, 2.75) is 6.54 Å². The first-order valence-corrected chi connectivity index (χ1v) is 12.2. The molecule has 0 unspecified atom stereocenters. The number of hydrogen-bond donors (Lipinski definition) is 2. The van der Waals surface area contributed by atoms with Crippen LogP contribution in [0.15, 0.2) is 47.3 Å². The summed E-state index contributed by atoms with van der Waals surface area (Å²) in [7, 11) is 4.78. The first-order valence-electron chi connectivity index (χ1n) is 11.8. The number of pyridine rings is 1. The van der Waals surface area contributed by atoms with E-state index in [1.165, 1.54) is 0 Å². The second kappa shape index (κ2) is 12.1. The number of aromatic amines is 1. The van der Waals surface area contributed by atoms with Gasteiger partial charge in [-0.1, -0.05) is 12.1 Å². The third kappa shape index (κ3) is 6.07. The lowest BCUT2D eigenvalue weighted by atomic mass is 10.1. The van der Waals surface area contributed by atoms with E-state index in [2.05, 4.69) is 15.2 Å². The molecule has 0 saturated carbocycles. The molecule has 1 aliphatic rings. The molecule has 1 aliphatic heterocycles. The molecule has 10 heteroatoms. The standard InChI is InChI=1S/C26H32N4O5S/c1-32-22-7-5-4-6-20(22)28-26(36)30(9-8-29-10-12-35-13-11-29)17-19-14-18-15-23(33-2)24(34-3)16-21(18)27-25(19)31/h4-7,14-16H,8-13,17H2,1-3H3,(H,27,31)(H,28,36). The molecule has 0 aliphatic carbocycles. The van der Waals surface area contributed by atoms with Crippen molar-refractivity contribution in [3.8, 4) is 17.2 Å². The number of rotatable bonds is 9. The van der Waals surface area contributed by atoms with Crippen LogP contribution in [-0.4, -0.2) is 80.6 Å². The monoisotopic (exact) mass is 512 g/mol. The molecule has 192 valence electrons. The zero-order valence-electron chi connectivity index (χ0n) is 20.8. The number of H-pyrrole nitrogens is 1. The molecular weight excluding hydrogens is 480 g/mol. The second-order valence-corrected chi connectivity index (χ2v) is 8.81. The lowest BCUT2D eigenvalue weighted by molar-refractivity contribution is 0.0358. The van der Waals surface area contributed by atoms with Crippen LogP contribution in [0.1, 0.15) is 5.56 Å². The van der Waals surface area contributed by atoms with Crippen LogP contribution in [-0.2, 0) is 11.3 Å². The van der Waals surface area contributed by atoms with Crippen molar-refractivity contribution < 1.29 is 18.9 Å². The molecule has 2 aromatic carbocycles. The van der Waals surface area contributed by atoms with E-state index in [9.17, 15) is 4.79 Å². The third-order valence-corrected chi connectivity index (χ3v) is 6.57. The highest BCUT2D eigenvalue weighted by Crippen LogP contribution is 2.31. The van der Waals surface area contributed by atoms with E-state index in [4.69, 9.17) is 31.2 Å². The number of fused-ring (bicyclic) bond motifs is 1. The number of methoxy groups -OCH3 is 3. The predicted octanol–water partition coefficient (Wildman–Crippen LogP) is 3.09. The predicted molar refractivity (Wildman–Crippen MR) is 145 cm³/mol. The van der Waals surface area contributed by atoms with Crippen molar-refractivity contribution in [2.75, 3.05) is 66.0 Å². The Kier molecular flexibility index (Phi) is 8.63. The molecule has 0 amide bonds. The Hall–Kier alpha value is -3.34. The molecule has 0 bridgehead atoms. The van der Waals surface area contributed by atoms with Gasteiger partial charge in [0.2, 0.25) is 0 Å². The number of nitrogens with zero attached hydrogens (tertiary/aromatic N) is 2. The van der Waals surface area contributed by atoms with Crippen LogP contribution in [0, 0.1) is 0 Å². The van der Waals surface area contributed by atoms with Crippen molar-refractivity contribution in [1.29, 1.82) is 0 Å². The van der Waals surface area contributed by atoms with Crippen molar-refractivity contribution in [3.63, 3.8) is 0 Å². The number of thiocarbonyl (C=S) groups is 1. The fourth-order valence-corrected chi connectivity index (χ4v) is 4.45. The summed E-state index contributed by atoms with van der Waals surface area (Å²) in [6.07, 6.45) is 0. The minimum absolute atomic E-state index is 0.175. The maximum Gasteiger partial charge on any atom is 0.253 e. The Balaban J connectivity index is 1.61. The van der Waals surface area contributed by atoms with Gasteiger partial charge in [-0.3, -0.25) is 9.69 Å². The van der Waals surface area contributed by atoms with Crippen molar-refractivity contribution in [3.05, 3.63) is 58.4 Å². The van der Waals surface area contributed by atoms with Gasteiger partial charge in [0.1, 0.15) is 5.75 Å². The van der Waals surface area contributed by atoms with E-state index >= 15 is 0 Å². The number of ether oxygens (including phenoxy) is 4. The van der Waals surface area contributed by atoms with Crippen molar-refractivity contribution in [1.82, 2.24) is 14.8 Å². The first kappa shape index (κ1) is 25.7. The topological polar surface area (TPSA) is 88.3 Å². The fourth-order valence-electron chi connectivity index (χ4n) is 4.18. The van der Waals surface area contributed by atoms with Crippen LogP contribution in [0.25, 0.3) is 10.9 Å². The van der Waals surface area contributed by atoms with E-state index in [1.807, 2.05) is 41.3 Å². The third-order valence-electron chi connectivity index (χ3n) is 6.21. The molecule has 1 aromatic heterocycles. The summed E-state index contributed by atoms with van der Waals surface area (Å²) >= 11 is 5.81. The van der Waals surface area contributed by atoms with Gasteiger partial charge >= 0.3 is 0 Å². The molecule has 4 rings (SSSR count). The summed E-state index contributed by atoms with van der Waals surface area (Å²) in [6, 6.07) is 13.1. The Labute approximate surface area is 215 Å². The SMILES string of the molecule is COc1ccccc1NC(=S)N(CCN1CCOCC1)Cc1cc2cc(OC)c(OC)cc2[nH]c1=O. The molecule has 36 heavy (non-hydrogen) atoms. The Bertz CT molecular complexity index is 1260.